The molecule has 0 aliphatic carbocycles. The number of nitrogens with zero attached hydrogens (tertiary/aromatic N) is 1. The van der Waals surface area contributed by atoms with Gasteiger partial charge in [-0.3, -0.25) is 24.2 Å². The summed E-state index contributed by atoms with van der Waals surface area (Å²) in [5, 5.41) is 39.4. The Hall–Kier alpha value is -5.12. The summed E-state index contributed by atoms with van der Waals surface area (Å²) < 4.78 is 10.9. The fraction of sp³-hybridized carbons (Fsp3) is 0.535. The van der Waals surface area contributed by atoms with E-state index in [0.29, 0.717) is 24.0 Å². The molecule has 3 amide bonds. The number of fused-ring (bicyclic) bond motifs is 2. The standard InChI is InChI=1S/C43H60N4O11/c1-7-57-37(51)20-11-14-27(4)36-19-10-8-9-18-35(50)29(6)39(52)32(22-21-28(5)48)40(53)45-38(26(2)3)41(54)44-34(25-30-15-12-16-31(49)24-30)42(55)47-23-13-17-33(46-47)43(56)58-36/h8-12,14-16,18,20,24,26,29,32-36,38-39,46,49-50,52H,7,13,17,19,21-23,25H2,1-6H3,(H,44,54)(H,45,53)/b10-8+,18-9+,20-11+,27-14+/t29-,32+,33?,34-,35-,36-,38-,39+/m0/s1. The van der Waals surface area contributed by atoms with Gasteiger partial charge in [0, 0.05) is 37.8 Å². The van der Waals surface area contributed by atoms with Gasteiger partial charge in [-0.25, -0.2) is 10.2 Å². The van der Waals surface area contributed by atoms with Gasteiger partial charge in [-0.2, -0.15) is 0 Å². The van der Waals surface area contributed by atoms with E-state index in [1.807, 2.05) is 0 Å². The molecule has 6 N–H and O–H groups in total. The second-order valence-corrected chi connectivity index (χ2v) is 15.2. The van der Waals surface area contributed by atoms with E-state index in [4.69, 9.17) is 9.47 Å². The number of hydrazine groups is 1. The van der Waals surface area contributed by atoms with Crippen molar-refractivity contribution in [1.29, 1.82) is 0 Å². The first kappa shape index (κ1) is 47.3. The van der Waals surface area contributed by atoms with Crippen LogP contribution in [0, 0.1) is 17.8 Å². The molecule has 15 nitrogen and oxygen atoms in total. The van der Waals surface area contributed by atoms with Gasteiger partial charge in [0.1, 0.15) is 35.8 Å². The quantitative estimate of drug-likeness (QED) is 0.114. The SMILES string of the molecule is CCOC(=O)/C=C/C=C(\C)[C@@H]1C/C=C/C=C/[C@H](O)[C@H](C)[C@@H](O)[C@@H](CCC(C)=O)C(=O)N[C@@H](C(C)C)C(=O)N[C@@H](Cc2cccc(O)c2)C(=O)N2CCCC(N2)C(=O)O1. The number of carbonyl (C=O) groups excluding carboxylic acids is 6. The Morgan fingerprint density at radius 3 is 2.48 bits per heavy atom. The lowest BCUT2D eigenvalue weighted by atomic mass is 9.84. The van der Waals surface area contributed by atoms with Crippen molar-refractivity contribution in [3.63, 3.8) is 0 Å². The van der Waals surface area contributed by atoms with E-state index < -0.39 is 83.9 Å². The maximum Gasteiger partial charge on any atom is 0.330 e. The molecule has 318 valence electrons. The number of hydrogen-bond acceptors (Lipinski definition) is 12. The molecular weight excluding hydrogens is 748 g/mol. The zero-order valence-corrected chi connectivity index (χ0v) is 34.3. The van der Waals surface area contributed by atoms with Crippen LogP contribution in [0.2, 0.25) is 0 Å². The van der Waals surface area contributed by atoms with Crippen molar-refractivity contribution in [3.8, 4) is 5.75 Å². The van der Waals surface area contributed by atoms with E-state index in [9.17, 15) is 44.1 Å². The predicted octanol–water partition coefficient (Wildman–Crippen LogP) is 2.89. The van der Waals surface area contributed by atoms with Crippen molar-refractivity contribution in [2.24, 2.45) is 17.8 Å². The topological polar surface area (TPSA) is 221 Å². The van der Waals surface area contributed by atoms with Crippen molar-refractivity contribution in [2.75, 3.05) is 13.2 Å². The van der Waals surface area contributed by atoms with Crippen LogP contribution in [-0.2, 0) is 44.7 Å². The Balaban J connectivity index is 2.07. The maximum atomic E-state index is 14.3. The van der Waals surface area contributed by atoms with Gasteiger partial charge >= 0.3 is 11.9 Å². The number of aliphatic hydroxyl groups is 2. The molecule has 2 heterocycles. The monoisotopic (exact) mass is 808 g/mol. The number of phenolic OH excluding ortho intramolecular Hbond substituents is 1. The van der Waals surface area contributed by atoms with E-state index in [0.717, 1.165) is 0 Å². The largest absolute Gasteiger partial charge is 0.508 e. The lowest BCUT2D eigenvalue weighted by Gasteiger charge is -2.36. The summed E-state index contributed by atoms with van der Waals surface area (Å²) in [5.74, 6) is -5.94. The number of benzene rings is 1. The number of rotatable bonds is 10. The van der Waals surface area contributed by atoms with Crippen molar-refractivity contribution in [2.45, 2.75) is 117 Å². The molecule has 3 rings (SSSR count). The number of Topliss-reactive ketones (excluding diaryl/α,β-unsaturated/α-hetero) is 1. The summed E-state index contributed by atoms with van der Waals surface area (Å²) in [5.41, 5.74) is 4.11. The van der Waals surface area contributed by atoms with Crippen LogP contribution < -0.4 is 16.1 Å². The number of cyclic esters (lactones) is 1. The van der Waals surface area contributed by atoms with Crippen LogP contribution in [0.5, 0.6) is 5.75 Å². The molecule has 0 aromatic heterocycles. The molecule has 15 heteroatoms. The zero-order chi connectivity index (χ0) is 42.9. The summed E-state index contributed by atoms with van der Waals surface area (Å²) in [6, 6.07) is 2.89. The zero-order valence-electron chi connectivity index (χ0n) is 34.3. The second kappa shape index (κ2) is 23.3. The average molecular weight is 809 g/mol. The van der Waals surface area contributed by atoms with Crippen LogP contribution in [-0.4, -0.2) is 105 Å². The fourth-order valence-corrected chi connectivity index (χ4v) is 6.62. The molecule has 2 aliphatic heterocycles. The fourth-order valence-electron chi connectivity index (χ4n) is 6.62. The van der Waals surface area contributed by atoms with Crippen molar-refractivity contribution >= 4 is 35.4 Å². The van der Waals surface area contributed by atoms with Crippen LogP contribution in [0.15, 0.2) is 72.4 Å². The van der Waals surface area contributed by atoms with Gasteiger partial charge in [0.25, 0.3) is 5.91 Å². The first-order valence-corrected chi connectivity index (χ1v) is 19.9. The maximum absolute atomic E-state index is 14.3. The first-order chi connectivity index (χ1) is 27.5. The number of carbonyl (C=O) groups is 6. The van der Waals surface area contributed by atoms with Crippen molar-refractivity contribution in [3.05, 3.63) is 77.9 Å². The molecule has 1 saturated heterocycles. The number of allylic oxidation sites excluding steroid dienone is 4. The van der Waals surface area contributed by atoms with Crippen molar-refractivity contribution in [1.82, 2.24) is 21.1 Å². The van der Waals surface area contributed by atoms with Crippen LogP contribution in [0.1, 0.15) is 79.2 Å². The van der Waals surface area contributed by atoms with Crippen LogP contribution >= 0.6 is 0 Å². The number of aromatic hydroxyl groups is 1. The highest BCUT2D eigenvalue weighted by molar-refractivity contribution is 5.93. The smallest absolute Gasteiger partial charge is 0.330 e. The van der Waals surface area contributed by atoms with Gasteiger partial charge < -0.3 is 40.2 Å². The highest BCUT2D eigenvalue weighted by Crippen LogP contribution is 2.24. The summed E-state index contributed by atoms with van der Waals surface area (Å²) in [4.78, 5) is 79.8. The number of esters is 2. The van der Waals surface area contributed by atoms with E-state index in [-0.39, 0.29) is 50.4 Å². The third-order valence-corrected chi connectivity index (χ3v) is 10.1. The number of aliphatic hydroxyl groups excluding tert-OH is 2. The van der Waals surface area contributed by atoms with E-state index in [2.05, 4.69) is 16.1 Å². The molecule has 0 saturated carbocycles. The van der Waals surface area contributed by atoms with E-state index in [1.165, 1.54) is 42.3 Å². The van der Waals surface area contributed by atoms with Gasteiger partial charge in [0.15, 0.2) is 0 Å². The molecule has 58 heavy (non-hydrogen) atoms. The molecule has 1 fully saturated rings. The molecular formula is C43H60N4O11. The Kier molecular flexibility index (Phi) is 19.0. The highest BCUT2D eigenvalue weighted by Gasteiger charge is 2.38. The molecule has 2 bridgehead atoms. The minimum atomic E-state index is -1.42. The lowest BCUT2D eigenvalue weighted by Crippen LogP contribution is -2.62. The molecule has 0 spiro atoms. The van der Waals surface area contributed by atoms with E-state index >= 15 is 0 Å². The Morgan fingerprint density at radius 2 is 1.81 bits per heavy atom. The average Bonchev–Trinajstić information content (AvgIpc) is 3.17. The van der Waals surface area contributed by atoms with Gasteiger partial charge in [-0.05, 0) is 69.2 Å². The summed E-state index contributed by atoms with van der Waals surface area (Å²) in [6.45, 7) is 10.2. The van der Waals surface area contributed by atoms with Gasteiger partial charge in [-0.15, -0.1) is 0 Å². The molecule has 1 aromatic carbocycles. The third-order valence-electron chi connectivity index (χ3n) is 10.1. The molecule has 2 aliphatic rings. The minimum absolute atomic E-state index is 0.0301. The third kappa shape index (κ3) is 14.7. The first-order valence-electron chi connectivity index (χ1n) is 19.9. The number of phenols is 1. The Bertz CT molecular complexity index is 1720. The number of nitrogens with one attached hydrogen (secondary N) is 3. The van der Waals surface area contributed by atoms with Crippen LogP contribution in [0.3, 0.4) is 0 Å². The van der Waals surface area contributed by atoms with Gasteiger partial charge in [0.2, 0.25) is 11.8 Å². The van der Waals surface area contributed by atoms with Gasteiger partial charge in [-0.1, -0.05) is 69.4 Å². The molecule has 8 atom stereocenters. The Morgan fingerprint density at radius 1 is 1.07 bits per heavy atom. The van der Waals surface area contributed by atoms with Crippen LogP contribution in [0.4, 0.5) is 0 Å². The summed E-state index contributed by atoms with van der Waals surface area (Å²) in [7, 11) is 0. The lowest BCUT2D eigenvalue weighted by molar-refractivity contribution is -0.156. The number of amides is 3. The Labute approximate surface area is 340 Å². The molecule has 0 radical (unpaired) electrons. The summed E-state index contributed by atoms with van der Waals surface area (Å²) in [6.07, 6.45) is 8.10. The minimum Gasteiger partial charge on any atom is -0.508 e. The number of hydrogen-bond donors (Lipinski definition) is 6. The second-order valence-electron chi connectivity index (χ2n) is 15.2. The highest BCUT2D eigenvalue weighted by atomic mass is 16.5. The van der Waals surface area contributed by atoms with Crippen LogP contribution in [0.25, 0.3) is 0 Å². The number of ether oxygens (including phenoxy) is 2. The normalized spacial score (nSPS) is 28.4. The van der Waals surface area contributed by atoms with Gasteiger partial charge in [0.05, 0.1) is 24.7 Å². The van der Waals surface area contributed by atoms with E-state index in [1.54, 1.807) is 71.1 Å². The summed E-state index contributed by atoms with van der Waals surface area (Å²) >= 11 is 0. The number of ketones is 1. The predicted molar refractivity (Wildman–Crippen MR) is 215 cm³/mol. The molecule has 1 aromatic rings. The van der Waals surface area contributed by atoms with Crippen molar-refractivity contribution < 1.29 is 53.6 Å². The molecule has 1 unspecified atom stereocenters.